The topological polar surface area (TPSA) is 65.4 Å². The van der Waals surface area contributed by atoms with Crippen LogP contribution in [-0.2, 0) is 4.79 Å². The molecule has 7 heteroatoms. The first-order valence-electron chi connectivity index (χ1n) is 9.44. The molecule has 1 amide bonds. The summed E-state index contributed by atoms with van der Waals surface area (Å²) in [7, 11) is 1.59. The van der Waals surface area contributed by atoms with E-state index in [9.17, 15) is 9.18 Å². The average Bonchev–Trinajstić information content (AvgIpc) is 3.11. The first-order valence-corrected chi connectivity index (χ1v) is 9.44. The number of anilines is 1. The number of hydrogen-bond acceptors (Lipinski definition) is 4. The van der Waals surface area contributed by atoms with Crippen molar-refractivity contribution in [3.8, 4) is 17.2 Å². The number of ether oxygens (including phenoxy) is 2. The summed E-state index contributed by atoms with van der Waals surface area (Å²) < 4.78 is 26.6. The van der Waals surface area contributed by atoms with E-state index in [1.165, 1.54) is 12.1 Å². The van der Waals surface area contributed by atoms with E-state index in [0.717, 1.165) is 11.3 Å². The normalized spacial score (nSPS) is 15.8. The highest BCUT2D eigenvalue weighted by Crippen LogP contribution is 2.44. The number of fused-ring (bicyclic) bond motifs is 1. The SMILES string of the molecule is COc1cccc([C@@H]2CC(=O)Nc3c2ncn3-c2ccc(F)cc2)c1OC(C)C. The Bertz CT molecular complexity index is 1040. The van der Waals surface area contributed by atoms with Crippen LogP contribution < -0.4 is 14.8 Å². The Morgan fingerprint density at radius 3 is 2.66 bits per heavy atom. The van der Waals surface area contributed by atoms with E-state index in [-0.39, 0.29) is 30.2 Å². The number of hydrogen-bond donors (Lipinski definition) is 1. The molecular formula is C22H22FN3O3. The second kappa shape index (κ2) is 7.58. The second-order valence-electron chi connectivity index (χ2n) is 7.17. The van der Waals surface area contributed by atoms with Crippen LogP contribution in [0.3, 0.4) is 0 Å². The molecule has 0 saturated carbocycles. The zero-order valence-corrected chi connectivity index (χ0v) is 16.5. The third kappa shape index (κ3) is 3.55. The van der Waals surface area contributed by atoms with E-state index in [1.54, 1.807) is 30.1 Å². The summed E-state index contributed by atoms with van der Waals surface area (Å²) in [5.41, 5.74) is 2.29. The molecule has 0 bridgehead atoms. The minimum atomic E-state index is -0.323. The molecule has 0 aliphatic carbocycles. The zero-order valence-electron chi connectivity index (χ0n) is 16.5. The van der Waals surface area contributed by atoms with Gasteiger partial charge in [0.2, 0.25) is 5.91 Å². The van der Waals surface area contributed by atoms with Gasteiger partial charge in [0.1, 0.15) is 18.0 Å². The van der Waals surface area contributed by atoms with E-state index in [4.69, 9.17) is 9.47 Å². The molecule has 1 atom stereocenters. The van der Waals surface area contributed by atoms with Gasteiger partial charge >= 0.3 is 0 Å². The van der Waals surface area contributed by atoms with Crippen molar-refractivity contribution in [2.45, 2.75) is 32.3 Å². The Morgan fingerprint density at radius 2 is 1.97 bits per heavy atom. The summed E-state index contributed by atoms with van der Waals surface area (Å²) in [6.07, 6.45) is 1.83. The van der Waals surface area contributed by atoms with Crippen LogP contribution in [0.1, 0.15) is 37.4 Å². The van der Waals surface area contributed by atoms with Gasteiger partial charge in [-0.05, 0) is 44.2 Å². The van der Waals surface area contributed by atoms with Gasteiger partial charge in [0.15, 0.2) is 11.5 Å². The maximum Gasteiger partial charge on any atom is 0.226 e. The van der Waals surface area contributed by atoms with Crippen LogP contribution in [0, 0.1) is 5.82 Å². The molecule has 0 radical (unpaired) electrons. The minimum absolute atomic E-state index is 0.0567. The fourth-order valence-electron chi connectivity index (χ4n) is 3.59. The first kappa shape index (κ1) is 19.0. The molecule has 150 valence electrons. The molecule has 3 aromatic rings. The van der Waals surface area contributed by atoms with Crippen molar-refractivity contribution in [3.05, 3.63) is 65.9 Å². The number of nitrogens with zero attached hydrogens (tertiary/aromatic N) is 2. The van der Waals surface area contributed by atoms with E-state index in [2.05, 4.69) is 10.3 Å². The van der Waals surface area contributed by atoms with Gasteiger partial charge in [0.05, 0.1) is 18.9 Å². The largest absolute Gasteiger partial charge is 0.493 e. The average molecular weight is 395 g/mol. The Morgan fingerprint density at radius 1 is 1.21 bits per heavy atom. The first-order chi connectivity index (χ1) is 14.0. The van der Waals surface area contributed by atoms with Crippen LogP contribution in [0.4, 0.5) is 10.2 Å². The number of halogens is 1. The predicted molar refractivity (Wildman–Crippen MR) is 107 cm³/mol. The smallest absolute Gasteiger partial charge is 0.226 e. The summed E-state index contributed by atoms with van der Waals surface area (Å²) in [5.74, 6) is 1.08. The van der Waals surface area contributed by atoms with Crippen molar-refractivity contribution in [1.82, 2.24) is 9.55 Å². The maximum atomic E-state index is 13.3. The summed E-state index contributed by atoms with van der Waals surface area (Å²) in [6, 6.07) is 11.7. The van der Waals surface area contributed by atoms with Crippen molar-refractivity contribution >= 4 is 11.7 Å². The van der Waals surface area contributed by atoms with E-state index in [1.807, 2.05) is 32.0 Å². The van der Waals surface area contributed by atoms with Crippen molar-refractivity contribution in [3.63, 3.8) is 0 Å². The molecular weight excluding hydrogens is 373 g/mol. The number of amides is 1. The molecule has 2 heterocycles. The van der Waals surface area contributed by atoms with Gasteiger partial charge in [-0.2, -0.15) is 0 Å². The fraction of sp³-hybridized carbons (Fsp3) is 0.273. The van der Waals surface area contributed by atoms with Crippen LogP contribution in [0.25, 0.3) is 5.69 Å². The highest BCUT2D eigenvalue weighted by molar-refractivity contribution is 5.94. The molecule has 0 unspecified atom stereocenters. The summed E-state index contributed by atoms with van der Waals surface area (Å²) in [5, 5.41) is 2.91. The Labute approximate surface area is 168 Å². The number of para-hydroxylation sites is 1. The lowest BCUT2D eigenvalue weighted by Gasteiger charge is -2.26. The van der Waals surface area contributed by atoms with Crippen molar-refractivity contribution in [2.24, 2.45) is 0 Å². The van der Waals surface area contributed by atoms with Crippen LogP contribution in [0.2, 0.25) is 0 Å². The number of rotatable bonds is 5. The highest BCUT2D eigenvalue weighted by Gasteiger charge is 2.33. The van der Waals surface area contributed by atoms with Gasteiger partial charge in [-0.3, -0.25) is 9.36 Å². The molecule has 2 aromatic carbocycles. The molecule has 0 fully saturated rings. The lowest BCUT2D eigenvalue weighted by Crippen LogP contribution is -2.25. The standard InChI is InChI=1S/C22H22FN3O3/c1-13(2)29-21-16(5-4-6-18(21)28-3)17-11-19(27)25-22-20(17)24-12-26(22)15-9-7-14(23)8-10-15/h4-10,12-13,17H,11H2,1-3H3,(H,25,27)/t17-/m0/s1. The lowest BCUT2D eigenvalue weighted by atomic mass is 9.89. The van der Waals surface area contributed by atoms with Gasteiger partial charge < -0.3 is 14.8 Å². The minimum Gasteiger partial charge on any atom is -0.493 e. The van der Waals surface area contributed by atoms with E-state index >= 15 is 0 Å². The number of aromatic nitrogens is 2. The van der Waals surface area contributed by atoms with Crippen molar-refractivity contribution in [1.29, 1.82) is 0 Å². The molecule has 1 aliphatic rings. The number of imidazole rings is 1. The van der Waals surface area contributed by atoms with Gasteiger partial charge in [-0.1, -0.05) is 12.1 Å². The molecule has 1 N–H and O–H groups in total. The molecule has 0 saturated heterocycles. The Balaban J connectivity index is 1.83. The van der Waals surface area contributed by atoms with Crippen LogP contribution in [0.15, 0.2) is 48.8 Å². The number of carbonyl (C=O) groups excluding carboxylic acids is 1. The van der Waals surface area contributed by atoms with Crippen molar-refractivity contribution < 1.29 is 18.7 Å². The van der Waals surface area contributed by atoms with Gasteiger partial charge in [-0.15, -0.1) is 0 Å². The second-order valence-corrected chi connectivity index (χ2v) is 7.17. The van der Waals surface area contributed by atoms with E-state index in [0.29, 0.717) is 23.0 Å². The number of methoxy groups -OCH3 is 1. The quantitative estimate of drug-likeness (QED) is 0.700. The maximum absolute atomic E-state index is 13.3. The number of nitrogens with one attached hydrogen (secondary N) is 1. The zero-order chi connectivity index (χ0) is 20.5. The van der Waals surface area contributed by atoms with Crippen molar-refractivity contribution in [2.75, 3.05) is 12.4 Å². The highest BCUT2D eigenvalue weighted by atomic mass is 19.1. The summed E-state index contributed by atoms with van der Waals surface area (Å²) >= 11 is 0. The van der Waals surface area contributed by atoms with Crippen LogP contribution in [0.5, 0.6) is 11.5 Å². The Hall–Kier alpha value is -3.35. The Kier molecular flexibility index (Phi) is 4.96. The van der Waals surface area contributed by atoms with Gasteiger partial charge in [0, 0.05) is 23.6 Å². The monoisotopic (exact) mass is 395 g/mol. The molecule has 6 nitrogen and oxygen atoms in total. The van der Waals surface area contributed by atoms with Gasteiger partial charge in [0.25, 0.3) is 0 Å². The van der Waals surface area contributed by atoms with Crippen LogP contribution >= 0.6 is 0 Å². The van der Waals surface area contributed by atoms with Gasteiger partial charge in [-0.25, -0.2) is 9.37 Å². The predicted octanol–water partition coefficient (Wildman–Crippen LogP) is 4.28. The number of carbonyl (C=O) groups is 1. The summed E-state index contributed by atoms with van der Waals surface area (Å²) in [6.45, 7) is 3.89. The van der Waals surface area contributed by atoms with Crippen LogP contribution in [-0.4, -0.2) is 28.7 Å². The molecule has 0 spiro atoms. The fourth-order valence-corrected chi connectivity index (χ4v) is 3.59. The third-order valence-corrected chi connectivity index (χ3v) is 4.84. The molecule has 29 heavy (non-hydrogen) atoms. The number of benzene rings is 2. The summed E-state index contributed by atoms with van der Waals surface area (Å²) in [4.78, 5) is 17.1. The third-order valence-electron chi connectivity index (χ3n) is 4.84. The molecule has 1 aromatic heterocycles. The van der Waals surface area contributed by atoms with E-state index < -0.39 is 0 Å². The molecule has 1 aliphatic heterocycles. The lowest BCUT2D eigenvalue weighted by molar-refractivity contribution is -0.116. The molecule has 4 rings (SSSR count).